The van der Waals surface area contributed by atoms with Gasteiger partial charge in [-0.05, 0) is 44.2 Å². The molecule has 0 bridgehead atoms. The first-order chi connectivity index (χ1) is 11.4. The van der Waals surface area contributed by atoms with Crippen molar-refractivity contribution in [2.75, 3.05) is 5.32 Å². The highest BCUT2D eigenvalue weighted by Crippen LogP contribution is 2.16. The summed E-state index contributed by atoms with van der Waals surface area (Å²) < 4.78 is 25.2. The van der Waals surface area contributed by atoms with Crippen LogP contribution in [0.15, 0.2) is 36.7 Å². The van der Waals surface area contributed by atoms with Gasteiger partial charge in [-0.3, -0.25) is 9.59 Å². The highest BCUT2D eigenvalue weighted by molar-refractivity contribution is 6.03. The van der Waals surface area contributed by atoms with Crippen LogP contribution < -0.4 is 10.6 Å². The van der Waals surface area contributed by atoms with Crippen LogP contribution in [0.2, 0.25) is 0 Å². The second kappa shape index (κ2) is 7.58. The number of aromatic nitrogens is 2. The van der Waals surface area contributed by atoms with Gasteiger partial charge in [0, 0.05) is 17.3 Å². The van der Waals surface area contributed by atoms with E-state index in [2.05, 4.69) is 20.6 Å². The van der Waals surface area contributed by atoms with Crippen LogP contribution in [0.3, 0.4) is 0 Å². The summed E-state index contributed by atoms with van der Waals surface area (Å²) in [6.45, 7) is 3.70. The Balaban J connectivity index is 2.07. The smallest absolute Gasteiger partial charge is 0.280 e. The molecule has 1 aromatic carbocycles. The van der Waals surface area contributed by atoms with Crippen molar-refractivity contribution >= 4 is 17.5 Å². The average Bonchev–Trinajstić information content (AvgIpc) is 2.55. The van der Waals surface area contributed by atoms with Crippen molar-refractivity contribution in [3.8, 4) is 0 Å². The molecule has 0 unspecified atom stereocenters. The Kier molecular flexibility index (Phi) is 5.51. The molecular formula is C16H16F2N4O2. The number of anilines is 1. The summed E-state index contributed by atoms with van der Waals surface area (Å²) >= 11 is 0. The lowest BCUT2D eigenvalue weighted by Crippen LogP contribution is -2.30. The second-order valence-corrected chi connectivity index (χ2v) is 5.29. The zero-order valence-corrected chi connectivity index (χ0v) is 13.1. The molecule has 6 nitrogen and oxygen atoms in total. The minimum atomic E-state index is -2.78. The molecule has 126 valence electrons. The van der Waals surface area contributed by atoms with Crippen LogP contribution in [0.1, 0.15) is 46.8 Å². The maximum absolute atomic E-state index is 12.6. The Morgan fingerprint density at radius 1 is 1.04 bits per heavy atom. The Morgan fingerprint density at radius 3 is 2.29 bits per heavy atom. The van der Waals surface area contributed by atoms with E-state index in [-0.39, 0.29) is 17.6 Å². The summed E-state index contributed by atoms with van der Waals surface area (Å²) in [5.41, 5.74) is 0.180. The zero-order valence-electron chi connectivity index (χ0n) is 13.1. The predicted octanol–water partition coefficient (Wildman–Crippen LogP) is 2.80. The van der Waals surface area contributed by atoms with Gasteiger partial charge in [-0.1, -0.05) is 0 Å². The molecule has 24 heavy (non-hydrogen) atoms. The largest absolute Gasteiger partial charge is 0.350 e. The molecular weight excluding hydrogens is 318 g/mol. The minimum absolute atomic E-state index is 0.0127. The number of nitrogens with zero attached hydrogens (tertiary/aromatic N) is 2. The van der Waals surface area contributed by atoms with Crippen molar-refractivity contribution in [3.05, 3.63) is 53.6 Å². The summed E-state index contributed by atoms with van der Waals surface area (Å²) in [4.78, 5) is 30.9. The Hall–Kier alpha value is -2.90. The number of rotatable bonds is 5. The Bertz CT molecular complexity index is 733. The van der Waals surface area contributed by atoms with E-state index in [0.717, 1.165) is 12.4 Å². The molecule has 0 saturated heterocycles. The van der Waals surface area contributed by atoms with Gasteiger partial charge in [0.25, 0.3) is 18.2 Å². The third kappa shape index (κ3) is 4.55. The number of nitrogens with one attached hydrogen (secondary N) is 2. The van der Waals surface area contributed by atoms with Crippen molar-refractivity contribution in [1.29, 1.82) is 0 Å². The van der Waals surface area contributed by atoms with E-state index in [9.17, 15) is 18.4 Å². The number of alkyl halides is 2. The number of benzene rings is 1. The van der Waals surface area contributed by atoms with Gasteiger partial charge in [0.15, 0.2) is 0 Å². The van der Waals surface area contributed by atoms with Crippen LogP contribution in [-0.4, -0.2) is 27.8 Å². The third-order valence-corrected chi connectivity index (χ3v) is 2.97. The molecule has 1 heterocycles. The van der Waals surface area contributed by atoms with Crippen LogP contribution in [0, 0.1) is 0 Å². The molecule has 2 N–H and O–H groups in total. The highest BCUT2D eigenvalue weighted by atomic mass is 19.3. The third-order valence-electron chi connectivity index (χ3n) is 2.97. The van der Waals surface area contributed by atoms with E-state index in [4.69, 9.17) is 0 Å². The summed E-state index contributed by atoms with van der Waals surface area (Å²) in [7, 11) is 0. The summed E-state index contributed by atoms with van der Waals surface area (Å²) in [6, 6.07) is 7.14. The number of hydrogen-bond acceptors (Lipinski definition) is 4. The molecule has 2 aromatic rings. The zero-order chi connectivity index (χ0) is 17.7. The van der Waals surface area contributed by atoms with Crippen molar-refractivity contribution in [3.63, 3.8) is 0 Å². The second-order valence-electron chi connectivity index (χ2n) is 5.29. The summed E-state index contributed by atoms with van der Waals surface area (Å²) in [6.07, 6.45) is -1.87. The molecule has 1 aromatic heterocycles. The molecule has 0 aliphatic rings. The molecule has 0 radical (unpaired) electrons. The SMILES string of the molecule is CC(C)NC(=O)c1ccc(NC(=O)c2cc(C(F)F)ncn2)cc1. The number of amides is 2. The fourth-order valence-electron chi connectivity index (χ4n) is 1.86. The van der Waals surface area contributed by atoms with Crippen LogP contribution in [0.25, 0.3) is 0 Å². The number of hydrogen-bond donors (Lipinski definition) is 2. The van der Waals surface area contributed by atoms with Crippen LogP contribution in [0.4, 0.5) is 14.5 Å². The van der Waals surface area contributed by atoms with E-state index >= 15 is 0 Å². The van der Waals surface area contributed by atoms with Crippen LogP contribution in [0.5, 0.6) is 0 Å². The predicted molar refractivity (Wildman–Crippen MR) is 84.0 cm³/mol. The van der Waals surface area contributed by atoms with Gasteiger partial charge in [0.2, 0.25) is 0 Å². The molecule has 0 spiro atoms. The molecule has 0 atom stereocenters. The minimum Gasteiger partial charge on any atom is -0.350 e. The first kappa shape index (κ1) is 17.5. The molecule has 0 aliphatic heterocycles. The van der Waals surface area contributed by atoms with Crippen LogP contribution >= 0.6 is 0 Å². The summed E-state index contributed by atoms with van der Waals surface area (Å²) in [5, 5.41) is 5.27. The molecule has 0 fully saturated rings. The topological polar surface area (TPSA) is 84.0 Å². The van der Waals surface area contributed by atoms with E-state index in [1.165, 1.54) is 0 Å². The van der Waals surface area contributed by atoms with Crippen molar-refractivity contribution < 1.29 is 18.4 Å². The van der Waals surface area contributed by atoms with Crippen molar-refractivity contribution in [1.82, 2.24) is 15.3 Å². The van der Waals surface area contributed by atoms with Crippen molar-refractivity contribution in [2.24, 2.45) is 0 Å². The molecule has 0 saturated carbocycles. The fourth-order valence-corrected chi connectivity index (χ4v) is 1.86. The lowest BCUT2D eigenvalue weighted by atomic mass is 10.2. The quantitative estimate of drug-likeness (QED) is 0.881. The van der Waals surface area contributed by atoms with Gasteiger partial charge < -0.3 is 10.6 Å². The average molecular weight is 334 g/mol. The van der Waals surface area contributed by atoms with E-state index < -0.39 is 18.0 Å². The first-order valence-electron chi connectivity index (χ1n) is 7.19. The first-order valence-corrected chi connectivity index (χ1v) is 7.19. The van der Waals surface area contributed by atoms with Crippen molar-refractivity contribution in [2.45, 2.75) is 26.3 Å². The Morgan fingerprint density at radius 2 is 1.71 bits per heavy atom. The van der Waals surface area contributed by atoms with E-state index in [0.29, 0.717) is 11.3 Å². The standard InChI is InChI=1S/C16H16F2N4O2/c1-9(2)21-15(23)10-3-5-11(6-4-10)22-16(24)13-7-12(14(17)18)19-8-20-13/h3-9,14H,1-2H3,(H,21,23)(H,22,24). The normalized spacial score (nSPS) is 10.8. The molecule has 2 amide bonds. The molecule has 0 aliphatic carbocycles. The lowest BCUT2D eigenvalue weighted by Gasteiger charge is -2.09. The van der Waals surface area contributed by atoms with E-state index in [1.807, 2.05) is 13.8 Å². The van der Waals surface area contributed by atoms with Crippen LogP contribution in [-0.2, 0) is 0 Å². The maximum Gasteiger partial charge on any atom is 0.280 e. The van der Waals surface area contributed by atoms with Gasteiger partial charge in [0.1, 0.15) is 17.7 Å². The Labute approximate surface area is 137 Å². The number of carbonyl (C=O) groups excluding carboxylic acids is 2. The van der Waals surface area contributed by atoms with E-state index in [1.54, 1.807) is 24.3 Å². The highest BCUT2D eigenvalue weighted by Gasteiger charge is 2.14. The van der Waals surface area contributed by atoms with Gasteiger partial charge in [-0.2, -0.15) is 0 Å². The molecule has 8 heteroatoms. The molecule has 2 rings (SSSR count). The lowest BCUT2D eigenvalue weighted by molar-refractivity contribution is 0.0942. The van der Waals surface area contributed by atoms with Gasteiger partial charge in [-0.15, -0.1) is 0 Å². The fraction of sp³-hybridized carbons (Fsp3) is 0.250. The van der Waals surface area contributed by atoms with Gasteiger partial charge >= 0.3 is 0 Å². The number of carbonyl (C=O) groups is 2. The van der Waals surface area contributed by atoms with Gasteiger partial charge in [0.05, 0.1) is 0 Å². The number of halogens is 2. The summed E-state index contributed by atoms with van der Waals surface area (Å²) in [5.74, 6) is -0.862. The monoisotopic (exact) mass is 334 g/mol. The van der Waals surface area contributed by atoms with Gasteiger partial charge in [-0.25, -0.2) is 18.7 Å². The maximum atomic E-state index is 12.6.